The van der Waals surface area contributed by atoms with Crippen LogP contribution in [0.1, 0.15) is 50.5 Å². The van der Waals surface area contributed by atoms with Gasteiger partial charge >= 0.3 is 0 Å². The van der Waals surface area contributed by atoms with E-state index in [9.17, 15) is 0 Å². The Morgan fingerprint density at radius 2 is 1.72 bits per heavy atom. The zero-order valence-corrected chi connectivity index (χ0v) is 21.1. The Bertz CT molecular complexity index is 776. The Morgan fingerprint density at radius 3 is 2.52 bits per heavy atom. The van der Waals surface area contributed by atoms with Crippen molar-refractivity contribution in [3.63, 3.8) is 0 Å². The third kappa shape index (κ3) is 5.50. The number of hydrogen-bond acceptors (Lipinski definition) is 2. The average Bonchev–Trinajstić information content (AvgIpc) is 2.92. The maximum absolute atomic E-state index is 3.60. The van der Waals surface area contributed by atoms with Gasteiger partial charge in [0, 0.05) is 13.8 Å². The van der Waals surface area contributed by atoms with Gasteiger partial charge < -0.3 is 4.90 Å². The van der Waals surface area contributed by atoms with Crippen molar-refractivity contribution in [3.8, 4) is 0 Å². The SMILES string of the molecule is Brc1cc(Br)cc(SCCCN2CCC3CCCCC3(c3ccccc3)CC2)c1. The molecular formula is C25H31Br2NS. The van der Waals surface area contributed by atoms with E-state index in [4.69, 9.17) is 0 Å². The van der Waals surface area contributed by atoms with Gasteiger partial charge in [0.15, 0.2) is 0 Å². The Balaban J connectivity index is 1.33. The van der Waals surface area contributed by atoms with Crippen LogP contribution >= 0.6 is 43.6 Å². The largest absolute Gasteiger partial charge is 0.303 e. The van der Waals surface area contributed by atoms with Crippen LogP contribution in [0.4, 0.5) is 0 Å². The fourth-order valence-electron chi connectivity index (χ4n) is 5.48. The van der Waals surface area contributed by atoms with Gasteiger partial charge in [-0.1, -0.05) is 75.0 Å². The minimum Gasteiger partial charge on any atom is -0.303 e. The smallest absolute Gasteiger partial charge is 0.0197 e. The standard InChI is InChI=1S/C25H31Br2NS/c26-22-17-23(27)19-24(18-22)29-16-6-13-28-14-10-21-9-4-5-11-25(21,12-15-28)20-7-2-1-3-8-20/h1-3,7-8,17-19,21H,4-6,9-16H2. The summed E-state index contributed by atoms with van der Waals surface area (Å²) in [6.45, 7) is 3.78. The highest BCUT2D eigenvalue weighted by atomic mass is 79.9. The summed E-state index contributed by atoms with van der Waals surface area (Å²) in [6, 6.07) is 18.0. The average molecular weight is 537 g/mol. The molecule has 1 nitrogen and oxygen atoms in total. The summed E-state index contributed by atoms with van der Waals surface area (Å²) in [4.78, 5) is 4.09. The molecule has 1 saturated carbocycles. The third-order valence-corrected chi connectivity index (χ3v) is 8.92. The second kappa shape index (κ2) is 10.3. The Morgan fingerprint density at radius 1 is 0.931 bits per heavy atom. The highest BCUT2D eigenvalue weighted by Crippen LogP contribution is 2.49. The number of fused-ring (bicyclic) bond motifs is 1. The molecule has 1 heterocycles. The van der Waals surface area contributed by atoms with Crippen LogP contribution in [0.5, 0.6) is 0 Å². The minimum atomic E-state index is 0.436. The number of hydrogen-bond donors (Lipinski definition) is 0. The van der Waals surface area contributed by atoms with Crippen molar-refractivity contribution in [2.45, 2.75) is 55.3 Å². The Labute approximate surface area is 197 Å². The molecule has 0 radical (unpaired) electrons. The van der Waals surface area contributed by atoms with Crippen LogP contribution in [0.25, 0.3) is 0 Å². The van der Waals surface area contributed by atoms with Crippen LogP contribution in [0.3, 0.4) is 0 Å². The predicted octanol–water partition coefficient (Wildman–Crippen LogP) is 7.92. The quantitative estimate of drug-likeness (QED) is 0.272. The van der Waals surface area contributed by atoms with Gasteiger partial charge in [0.05, 0.1) is 0 Å². The van der Waals surface area contributed by atoms with Gasteiger partial charge in [0.2, 0.25) is 0 Å². The maximum Gasteiger partial charge on any atom is 0.0197 e. The summed E-state index contributed by atoms with van der Waals surface area (Å²) in [6.07, 6.45) is 9.63. The van der Waals surface area contributed by atoms with Gasteiger partial charge in [-0.05, 0) is 92.6 Å². The molecule has 1 saturated heterocycles. The fraction of sp³-hybridized carbons (Fsp3) is 0.520. The molecule has 0 amide bonds. The molecule has 2 aliphatic rings. The van der Waals surface area contributed by atoms with E-state index in [0.29, 0.717) is 5.41 Å². The summed E-state index contributed by atoms with van der Waals surface area (Å²) in [7, 11) is 0. The first kappa shape index (κ1) is 21.9. The lowest BCUT2D eigenvalue weighted by Crippen LogP contribution is -2.38. The predicted molar refractivity (Wildman–Crippen MR) is 133 cm³/mol. The van der Waals surface area contributed by atoms with Crippen LogP contribution in [0.2, 0.25) is 0 Å². The zero-order chi connectivity index (χ0) is 20.1. The summed E-state index contributed by atoms with van der Waals surface area (Å²) in [5.74, 6) is 2.06. The molecule has 4 rings (SSSR count). The van der Waals surface area contributed by atoms with Gasteiger partial charge in [-0.3, -0.25) is 0 Å². The molecule has 0 N–H and O–H groups in total. The molecule has 1 aliphatic carbocycles. The van der Waals surface area contributed by atoms with Crippen molar-refractivity contribution < 1.29 is 0 Å². The summed E-state index contributed by atoms with van der Waals surface area (Å²) < 4.78 is 2.30. The molecule has 0 spiro atoms. The minimum absolute atomic E-state index is 0.436. The molecule has 2 aromatic rings. The second-order valence-electron chi connectivity index (χ2n) is 8.65. The first-order valence-corrected chi connectivity index (χ1v) is 13.6. The molecule has 2 unspecified atom stereocenters. The molecule has 1 aliphatic heterocycles. The zero-order valence-electron chi connectivity index (χ0n) is 17.1. The molecule has 4 heteroatoms. The number of likely N-dealkylation sites (tertiary alicyclic amines) is 1. The van der Waals surface area contributed by atoms with Crippen molar-refractivity contribution in [2.24, 2.45) is 5.92 Å². The molecular weight excluding hydrogens is 506 g/mol. The molecule has 156 valence electrons. The fourth-order valence-corrected chi connectivity index (χ4v) is 8.00. The highest BCUT2D eigenvalue weighted by molar-refractivity contribution is 9.11. The first-order valence-electron chi connectivity index (χ1n) is 11.0. The molecule has 2 fully saturated rings. The van der Waals surface area contributed by atoms with Crippen LogP contribution < -0.4 is 0 Å². The van der Waals surface area contributed by atoms with Gasteiger partial charge in [-0.15, -0.1) is 11.8 Å². The lowest BCUT2D eigenvalue weighted by molar-refractivity contribution is 0.176. The van der Waals surface area contributed by atoms with Gasteiger partial charge in [-0.2, -0.15) is 0 Å². The molecule has 0 bridgehead atoms. The van der Waals surface area contributed by atoms with Crippen LogP contribution in [-0.2, 0) is 5.41 Å². The number of rotatable bonds is 6. The van der Waals surface area contributed by atoms with E-state index < -0.39 is 0 Å². The monoisotopic (exact) mass is 535 g/mol. The van der Waals surface area contributed by atoms with E-state index >= 15 is 0 Å². The number of benzene rings is 2. The van der Waals surface area contributed by atoms with Gasteiger partial charge in [-0.25, -0.2) is 0 Å². The van der Waals surface area contributed by atoms with E-state index in [1.54, 1.807) is 5.56 Å². The maximum atomic E-state index is 3.60. The molecule has 29 heavy (non-hydrogen) atoms. The first-order chi connectivity index (χ1) is 14.2. The molecule has 2 aromatic carbocycles. The lowest BCUT2D eigenvalue weighted by atomic mass is 9.60. The van der Waals surface area contributed by atoms with Gasteiger partial charge in [0.1, 0.15) is 0 Å². The van der Waals surface area contributed by atoms with E-state index in [1.165, 1.54) is 75.2 Å². The van der Waals surface area contributed by atoms with Crippen molar-refractivity contribution in [1.29, 1.82) is 0 Å². The highest BCUT2D eigenvalue weighted by Gasteiger charge is 2.43. The van der Waals surface area contributed by atoms with E-state index in [1.807, 2.05) is 11.8 Å². The second-order valence-corrected chi connectivity index (χ2v) is 11.7. The van der Waals surface area contributed by atoms with Crippen LogP contribution in [0.15, 0.2) is 62.4 Å². The van der Waals surface area contributed by atoms with Crippen LogP contribution in [-0.4, -0.2) is 30.3 Å². The number of thioether (sulfide) groups is 1. The lowest BCUT2D eigenvalue weighted by Gasteiger charge is -2.44. The normalized spacial score (nSPS) is 25.4. The Kier molecular flexibility index (Phi) is 7.82. The van der Waals surface area contributed by atoms with Crippen molar-refractivity contribution in [1.82, 2.24) is 4.90 Å². The third-order valence-electron chi connectivity index (χ3n) is 6.95. The summed E-state index contributed by atoms with van der Waals surface area (Å²) in [5, 5.41) is 0. The van der Waals surface area contributed by atoms with Gasteiger partial charge in [0.25, 0.3) is 0 Å². The number of halogens is 2. The van der Waals surface area contributed by atoms with Crippen LogP contribution in [0, 0.1) is 5.92 Å². The van der Waals surface area contributed by atoms with E-state index in [-0.39, 0.29) is 0 Å². The number of nitrogens with zero attached hydrogens (tertiary/aromatic N) is 1. The summed E-state index contributed by atoms with van der Waals surface area (Å²) in [5.41, 5.74) is 2.05. The molecule has 2 atom stereocenters. The Hall–Kier alpha value is -0.290. The van der Waals surface area contributed by atoms with Crippen molar-refractivity contribution >= 4 is 43.6 Å². The van der Waals surface area contributed by atoms with Crippen molar-refractivity contribution in [3.05, 3.63) is 63.0 Å². The summed E-state index contributed by atoms with van der Waals surface area (Å²) >= 11 is 9.16. The molecule has 0 aromatic heterocycles. The topological polar surface area (TPSA) is 3.24 Å². The van der Waals surface area contributed by atoms with E-state index in [0.717, 1.165) is 14.9 Å². The van der Waals surface area contributed by atoms with E-state index in [2.05, 4.69) is 85.3 Å². The van der Waals surface area contributed by atoms with Crippen molar-refractivity contribution in [2.75, 3.05) is 25.4 Å².